The zero-order valence-corrected chi connectivity index (χ0v) is 9.74. The molecule has 0 aliphatic heterocycles. The summed E-state index contributed by atoms with van der Waals surface area (Å²) >= 11 is 0. The van der Waals surface area contributed by atoms with E-state index in [1.165, 1.54) is 25.7 Å². The Morgan fingerprint density at radius 2 is 2.20 bits per heavy atom. The lowest BCUT2D eigenvalue weighted by molar-refractivity contribution is 0.276. The highest BCUT2D eigenvalue weighted by atomic mass is 15.1. The highest BCUT2D eigenvalue weighted by molar-refractivity contribution is 5.04. The predicted octanol–water partition coefficient (Wildman–Crippen LogP) is 2.48. The van der Waals surface area contributed by atoms with Gasteiger partial charge < -0.3 is 10.3 Å². The monoisotopic (exact) mass is 207 g/mol. The van der Waals surface area contributed by atoms with Crippen LogP contribution in [0.15, 0.2) is 12.5 Å². The first-order chi connectivity index (χ1) is 7.11. The molecule has 0 aromatic carbocycles. The van der Waals surface area contributed by atoms with Crippen LogP contribution in [0.2, 0.25) is 0 Å². The zero-order valence-electron chi connectivity index (χ0n) is 9.74. The molecule has 0 unspecified atom stereocenters. The number of aromatic nitrogens is 2. The second-order valence-corrected chi connectivity index (χ2v) is 5.25. The molecule has 3 heteroatoms. The van der Waals surface area contributed by atoms with Crippen LogP contribution < -0.4 is 5.73 Å². The minimum absolute atomic E-state index is 0.0810. The van der Waals surface area contributed by atoms with Gasteiger partial charge in [-0.1, -0.05) is 19.8 Å². The molecule has 0 radical (unpaired) electrons. The van der Waals surface area contributed by atoms with E-state index in [2.05, 4.69) is 16.5 Å². The molecule has 2 N–H and O–H groups in total. The number of hydrogen-bond donors (Lipinski definition) is 1. The summed E-state index contributed by atoms with van der Waals surface area (Å²) in [4.78, 5) is 4.20. The fourth-order valence-electron chi connectivity index (χ4n) is 2.64. The number of hydrogen-bond acceptors (Lipinski definition) is 2. The van der Waals surface area contributed by atoms with Crippen molar-refractivity contribution in [2.24, 2.45) is 11.1 Å². The molecule has 1 aliphatic carbocycles. The van der Waals surface area contributed by atoms with Crippen molar-refractivity contribution in [2.75, 3.05) is 0 Å². The summed E-state index contributed by atoms with van der Waals surface area (Å²) in [6.45, 7) is 5.47. The van der Waals surface area contributed by atoms with Gasteiger partial charge in [0.25, 0.3) is 0 Å². The Kier molecular flexibility index (Phi) is 2.83. The van der Waals surface area contributed by atoms with Gasteiger partial charge >= 0.3 is 0 Å². The maximum atomic E-state index is 5.92. The van der Waals surface area contributed by atoms with Crippen LogP contribution in [0.25, 0.3) is 0 Å². The first-order valence-electron chi connectivity index (χ1n) is 5.86. The summed E-state index contributed by atoms with van der Waals surface area (Å²) in [7, 11) is 0. The van der Waals surface area contributed by atoms with Crippen molar-refractivity contribution in [3.05, 3.63) is 18.2 Å². The quantitative estimate of drug-likeness (QED) is 0.827. The maximum absolute atomic E-state index is 5.92. The van der Waals surface area contributed by atoms with Gasteiger partial charge in [0.1, 0.15) is 0 Å². The van der Waals surface area contributed by atoms with Crippen LogP contribution in [0.3, 0.4) is 0 Å². The third-order valence-electron chi connectivity index (χ3n) is 3.57. The highest BCUT2D eigenvalue weighted by Crippen LogP contribution is 2.39. The summed E-state index contributed by atoms with van der Waals surface area (Å²) < 4.78 is 2.23. The molecule has 1 saturated carbocycles. The van der Waals surface area contributed by atoms with Crippen LogP contribution in [0.5, 0.6) is 0 Å². The Morgan fingerprint density at radius 3 is 2.80 bits per heavy atom. The fraction of sp³-hybridized carbons (Fsp3) is 0.750. The molecule has 0 bridgehead atoms. The van der Waals surface area contributed by atoms with Gasteiger partial charge in [-0.05, 0) is 25.2 Å². The Balaban J connectivity index is 2.13. The molecule has 15 heavy (non-hydrogen) atoms. The average molecular weight is 207 g/mol. The van der Waals surface area contributed by atoms with E-state index in [4.69, 9.17) is 5.73 Å². The van der Waals surface area contributed by atoms with E-state index in [0.717, 1.165) is 12.2 Å². The van der Waals surface area contributed by atoms with Crippen LogP contribution in [-0.4, -0.2) is 9.55 Å². The van der Waals surface area contributed by atoms with Gasteiger partial charge in [-0.2, -0.15) is 0 Å². The molecule has 0 amide bonds. The Bertz CT molecular complexity index is 321. The fourth-order valence-corrected chi connectivity index (χ4v) is 2.64. The molecular weight excluding hydrogens is 186 g/mol. The van der Waals surface area contributed by atoms with Gasteiger partial charge in [0.2, 0.25) is 0 Å². The SMILES string of the molecule is C[C@@H](N)c1cncn1CC1(C)CCCC1. The molecule has 0 saturated heterocycles. The topological polar surface area (TPSA) is 43.8 Å². The summed E-state index contributed by atoms with van der Waals surface area (Å²) in [5, 5.41) is 0. The van der Waals surface area contributed by atoms with Crippen molar-refractivity contribution < 1.29 is 0 Å². The minimum atomic E-state index is 0.0810. The van der Waals surface area contributed by atoms with E-state index < -0.39 is 0 Å². The van der Waals surface area contributed by atoms with Crippen LogP contribution in [0, 0.1) is 5.41 Å². The molecular formula is C12H21N3. The largest absolute Gasteiger partial charge is 0.333 e. The second-order valence-electron chi connectivity index (χ2n) is 5.25. The molecule has 1 aromatic heterocycles. The lowest BCUT2D eigenvalue weighted by Gasteiger charge is -2.25. The Morgan fingerprint density at radius 1 is 1.53 bits per heavy atom. The van der Waals surface area contributed by atoms with Gasteiger partial charge in [0.05, 0.1) is 12.0 Å². The third kappa shape index (κ3) is 2.23. The standard InChI is InChI=1S/C12H21N3/c1-10(13)11-7-14-9-15(11)8-12(2)5-3-4-6-12/h7,9-10H,3-6,8,13H2,1-2H3/t10-/m1/s1. The molecule has 3 nitrogen and oxygen atoms in total. The molecule has 1 atom stereocenters. The summed E-state index contributed by atoms with van der Waals surface area (Å²) in [6, 6.07) is 0.0810. The van der Waals surface area contributed by atoms with Gasteiger partial charge in [-0.15, -0.1) is 0 Å². The Hall–Kier alpha value is -0.830. The van der Waals surface area contributed by atoms with E-state index >= 15 is 0 Å². The maximum Gasteiger partial charge on any atom is 0.0948 e. The van der Waals surface area contributed by atoms with Crippen LogP contribution in [-0.2, 0) is 6.54 Å². The van der Waals surface area contributed by atoms with Crippen molar-refractivity contribution in [3.63, 3.8) is 0 Å². The second kappa shape index (κ2) is 3.97. The van der Waals surface area contributed by atoms with E-state index in [-0.39, 0.29) is 6.04 Å². The lowest BCUT2D eigenvalue weighted by atomic mass is 9.89. The van der Waals surface area contributed by atoms with Crippen LogP contribution in [0.1, 0.15) is 51.3 Å². The van der Waals surface area contributed by atoms with E-state index in [9.17, 15) is 0 Å². The molecule has 1 fully saturated rings. The molecule has 1 heterocycles. The molecule has 2 rings (SSSR count). The third-order valence-corrected chi connectivity index (χ3v) is 3.57. The normalized spacial score (nSPS) is 21.8. The molecule has 84 valence electrons. The molecule has 0 spiro atoms. The van der Waals surface area contributed by atoms with E-state index in [0.29, 0.717) is 5.41 Å². The van der Waals surface area contributed by atoms with E-state index in [1.807, 2.05) is 19.4 Å². The summed E-state index contributed by atoms with van der Waals surface area (Å²) in [6.07, 6.45) is 9.23. The van der Waals surface area contributed by atoms with Gasteiger partial charge in [0, 0.05) is 18.8 Å². The first kappa shape index (κ1) is 10.7. The van der Waals surface area contributed by atoms with Crippen molar-refractivity contribution in [2.45, 2.75) is 52.1 Å². The first-order valence-corrected chi connectivity index (χ1v) is 5.86. The highest BCUT2D eigenvalue weighted by Gasteiger charge is 2.29. The van der Waals surface area contributed by atoms with Crippen molar-refractivity contribution in [3.8, 4) is 0 Å². The summed E-state index contributed by atoms with van der Waals surface area (Å²) in [5.74, 6) is 0. The number of nitrogens with two attached hydrogens (primary N) is 1. The average Bonchev–Trinajstić information content (AvgIpc) is 2.75. The summed E-state index contributed by atoms with van der Waals surface area (Å²) in [5.41, 5.74) is 7.53. The minimum Gasteiger partial charge on any atom is -0.333 e. The smallest absolute Gasteiger partial charge is 0.0948 e. The lowest BCUT2D eigenvalue weighted by Crippen LogP contribution is -2.22. The van der Waals surface area contributed by atoms with Gasteiger partial charge in [0.15, 0.2) is 0 Å². The molecule has 1 aliphatic rings. The van der Waals surface area contributed by atoms with Crippen molar-refractivity contribution >= 4 is 0 Å². The van der Waals surface area contributed by atoms with Crippen molar-refractivity contribution in [1.29, 1.82) is 0 Å². The zero-order chi connectivity index (χ0) is 10.9. The predicted molar refractivity (Wildman–Crippen MR) is 61.4 cm³/mol. The number of rotatable bonds is 3. The Labute approximate surface area is 91.7 Å². The molecule has 1 aromatic rings. The van der Waals surface area contributed by atoms with Gasteiger partial charge in [-0.25, -0.2) is 4.98 Å². The van der Waals surface area contributed by atoms with Gasteiger partial charge in [-0.3, -0.25) is 0 Å². The van der Waals surface area contributed by atoms with Crippen molar-refractivity contribution in [1.82, 2.24) is 9.55 Å². The number of imidazole rings is 1. The number of nitrogens with zero attached hydrogens (tertiary/aromatic N) is 2. The van der Waals surface area contributed by atoms with Crippen LogP contribution in [0.4, 0.5) is 0 Å². The van der Waals surface area contributed by atoms with E-state index in [1.54, 1.807) is 0 Å². The van der Waals surface area contributed by atoms with Crippen LogP contribution >= 0.6 is 0 Å².